The zero-order valence-electron chi connectivity index (χ0n) is 20.4. The number of hydrogen-bond donors (Lipinski definition) is 0. The monoisotopic (exact) mass is 523 g/mol. The lowest BCUT2D eigenvalue weighted by Gasteiger charge is -2.35. The van der Waals surface area contributed by atoms with E-state index < -0.39 is 0 Å². The molecule has 1 aromatic heterocycles. The Labute approximate surface area is 222 Å². The number of benzene rings is 2. The fourth-order valence-corrected chi connectivity index (χ4v) is 5.21. The van der Waals surface area contributed by atoms with Crippen molar-refractivity contribution in [2.45, 2.75) is 32.2 Å². The summed E-state index contributed by atoms with van der Waals surface area (Å²) in [5.41, 5.74) is 4.02. The molecule has 36 heavy (non-hydrogen) atoms. The van der Waals surface area contributed by atoms with E-state index in [4.69, 9.17) is 23.2 Å². The summed E-state index contributed by atoms with van der Waals surface area (Å²) in [6.45, 7) is 6.23. The lowest BCUT2D eigenvalue weighted by molar-refractivity contribution is -0.130. The van der Waals surface area contributed by atoms with Crippen molar-refractivity contribution in [2.24, 2.45) is 0 Å². The van der Waals surface area contributed by atoms with Gasteiger partial charge in [0.05, 0.1) is 22.2 Å². The van der Waals surface area contributed by atoms with Gasteiger partial charge in [0.15, 0.2) is 5.82 Å². The van der Waals surface area contributed by atoms with Gasteiger partial charge < -0.3 is 9.80 Å². The van der Waals surface area contributed by atoms with Crippen LogP contribution in [0.4, 0.5) is 5.82 Å². The number of anilines is 1. The third-order valence-electron chi connectivity index (χ3n) is 7.06. The molecular weight excluding hydrogens is 493 g/mol. The van der Waals surface area contributed by atoms with E-state index in [1.807, 2.05) is 23.1 Å². The smallest absolute Gasteiger partial charge is 0.227 e. The van der Waals surface area contributed by atoms with E-state index in [2.05, 4.69) is 44.3 Å². The molecule has 2 fully saturated rings. The minimum atomic E-state index is 0.180. The van der Waals surface area contributed by atoms with Gasteiger partial charge in [-0.05, 0) is 61.3 Å². The second-order valence-electron chi connectivity index (χ2n) is 9.60. The number of hydrogen-bond acceptors (Lipinski definition) is 5. The first-order valence-electron chi connectivity index (χ1n) is 12.7. The second-order valence-corrected chi connectivity index (χ2v) is 10.4. The summed E-state index contributed by atoms with van der Waals surface area (Å²) in [7, 11) is 0. The van der Waals surface area contributed by atoms with Crippen molar-refractivity contribution < 1.29 is 4.79 Å². The van der Waals surface area contributed by atoms with Crippen molar-refractivity contribution in [1.29, 1.82) is 0 Å². The maximum absolute atomic E-state index is 12.9. The van der Waals surface area contributed by atoms with Crippen LogP contribution in [0.3, 0.4) is 0 Å². The fourth-order valence-electron chi connectivity index (χ4n) is 4.91. The number of aromatic nitrogens is 2. The number of halogens is 2. The third-order valence-corrected chi connectivity index (χ3v) is 7.79. The highest BCUT2D eigenvalue weighted by atomic mass is 35.5. The van der Waals surface area contributed by atoms with Crippen LogP contribution in [-0.2, 0) is 17.8 Å². The summed E-state index contributed by atoms with van der Waals surface area (Å²) in [6, 6.07) is 17.9. The van der Waals surface area contributed by atoms with Crippen LogP contribution in [0.25, 0.3) is 11.3 Å². The minimum absolute atomic E-state index is 0.180. The van der Waals surface area contributed by atoms with Gasteiger partial charge >= 0.3 is 0 Å². The van der Waals surface area contributed by atoms with Gasteiger partial charge in [-0.3, -0.25) is 9.69 Å². The predicted octanol–water partition coefficient (Wildman–Crippen LogP) is 5.33. The normalized spacial score (nSPS) is 16.8. The summed E-state index contributed by atoms with van der Waals surface area (Å²) >= 11 is 12.1. The van der Waals surface area contributed by atoms with Crippen LogP contribution in [0, 0.1) is 0 Å². The lowest BCUT2D eigenvalue weighted by atomic mass is 10.1. The van der Waals surface area contributed by atoms with Gasteiger partial charge in [-0.1, -0.05) is 60.0 Å². The van der Waals surface area contributed by atoms with Crippen LogP contribution < -0.4 is 4.90 Å². The average Bonchev–Trinajstić information content (AvgIpc) is 2.92. The van der Waals surface area contributed by atoms with Crippen molar-refractivity contribution >= 4 is 34.9 Å². The molecule has 3 heterocycles. The molecule has 0 spiro atoms. The summed E-state index contributed by atoms with van der Waals surface area (Å²) in [6.07, 6.45) is 4.40. The quantitative estimate of drug-likeness (QED) is 0.437. The first kappa shape index (κ1) is 25.0. The Kier molecular flexibility index (Phi) is 8.05. The van der Waals surface area contributed by atoms with Crippen LogP contribution in [0.5, 0.6) is 0 Å². The number of carbonyl (C=O) groups excluding carboxylic acids is 1. The molecule has 2 saturated heterocycles. The Balaban J connectivity index is 1.11. The molecule has 0 bridgehead atoms. The predicted molar refractivity (Wildman–Crippen MR) is 146 cm³/mol. The molecule has 0 N–H and O–H groups in total. The Bertz CT molecular complexity index is 1170. The molecule has 188 valence electrons. The molecule has 2 aliphatic rings. The maximum Gasteiger partial charge on any atom is 0.227 e. The Morgan fingerprint density at radius 3 is 2.14 bits per heavy atom. The number of carbonyl (C=O) groups is 1. The molecular formula is C28H31Cl2N5O. The molecule has 0 saturated carbocycles. The molecule has 2 aliphatic heterocycles. The Hall–Kier alpha value is -2.67. The Morgan fingerprint density at radius 2 is 1.47 bits per heavy atom. The number of rotatable bonds is 6. The molecule has 8 heteroatoms. The Morgan fingerprint density at radius 1 is 0.750 bits per heavy atom. The van der Waals surface area contributed by atoms with Crippen LogP contribution in [0.2, 0.25) is 10.0 Å². The van der Waals surface area contributed by atoms with E-state index >= 15 is 0 Å². The highest BCUT2D eigenvalue weighted by molar-refractivity contribution is 6.42. The first-order valence-corrected chi connectivity index (χ1v) is 13.4. The second kappa shape index (κ2) is 11.6. The molecule has 0 atom stereocenters. The topological polar surface area (TPSA) is 52.6 Å². The molecule has 2 aromatic carbocycles. The van der Waals surface area contributed by atoms with Crippen molar-refractivity contribution in [2.75, 3.05) is 44.2 Å². The van der Waals surface area contributed by atoms with Gasteiger partial charge in [0.2, 0.25) is 5.91 Å². The van der Waals surface area contributed by atoms with Crippen LogP contribution in [-0.4, -0.2) is 65.2 Å². The van der Waals surface area contributed by atoms with E-state index in [0.717, 1.165) is 42.3 Å². The van der Waals surface area contributed by atoms with Gasteiger partial charge in [0, 0.05) is 38.3 Å². The van der Waals surface area contributed by atoms with E-state index in [0.29, 0.717) is 29.6 Å². The van der Waals surface area contributed by atoms with E-state index in [1.165, 1.54) is 37.9 Å². The summed E-state index contributed by atoms with van der Waals surface area (Å²) in [4.78, 5) is 19.6. The molecule has 0 unspecified atom stereocenters. The molecule has 6 nitrogen and oxygen atoms in total. The van der Waals surface area contributed by atoms with Gasteiger partial charge in [0.1, 0.15) is 0 Å². The fraction of sp³-hybridized carbons (Fsp3) is 0.393. The van der Waals surface area contributed by atoms with E-state index in [-0.39, 0.29) is 5.91 Å². The SMILES string of the molecule is O=C(Cc1ccc(CN2CCCCC2)cc1)N1CCN(c2ccc(-c3ccc(Cl)c(Cl)c3)nn2)CC1. The van der Waals surface area contributed by atoms with Crippen LogP contribution >= 0.6 is 23.2 Å². The summed E-state index contributed by atoms with van der Waals surface area (Å²) in [5.74, 6) is 0.995. The van der Waals surface area contributed by atoms with Gasteiger partial charge in [0.25, 0.3) is 0 Å². The van der Waals surface area contributed by atoms with Crippen LogP contribution in [0.1, 0.15) is 30.4 Å². The van der Waals surface area contributed by atoms with E-state index in [1.54, 1.807) is 12.1 Å². The highest BCUT2D eigenvalue weighted by Crippen LogP contribution is 2.28. The molecule has 5 rings (SSSR count). The molecule has 1 amide bonds. The van der Waals surface area contributed by atoms with Crippen molar-refractivity contribution in [3.63, 3.8) is 0 Å². The standard InChI is InChI=1S/C28H31Cl2N5O/c29-24-9-8-23(19-25(24)30)26-10-11-27(32-31-26)34-14-16-35(17-15-34)28(36)18-21-4-6-22(7-5-21)20-33-12-2-1-3-13-33/h4-11,19H,1-3,12-18,20H2. The van der Waals surface area contributed by atoms with Gasteiger partial charge in [-0.25, -0.2) is 0 Å². The van der Waals surface area contributed by atoms with Crippen LogP contribution in [0.15, 0.2) is 54.6 Å². The van der Waals surface area contributed by atoms with Gasteiger partial charge in [-0.2, -0.15) is 0 Å². The van der Waals surface area contributed by atoms with Crippen molar-refractivity contribution in [1.82, 2.24) is 20.0 Å². The number of piperidine rings is 1. The zero-order valence-corrected chi connectivity index (χ0v) is 21.9. The summed E-state index contributed by atoms with van der Waals surface area (Å²) < 4.78 is 0. The average molecular weight is 524 g/mol. The zero-order chi connectivity index (χ0) is 24.9. The van der Waals surface area contributed by atoms with Crippen molar-refractivity contribution in [3.05, 3.63) is 75.8 Å². The summed E-state index contributed by atoms with van der Waals surface area (Å²) in [5, 5.41) is 9.79. The molecule has 0 aliphatic carbocycles. The van der Waals surface area contributed by atoms with Gasteiger partial charge in [-0.15, -0.1) is 10.2 Å². The minimum Gasteiger partial charge on any atom is -0.352 e. The maximum atomic E-state index is 12.9. The number of nitrogens with zero attached hydrogens (tertiary/aromatic N) is 5. The molecule has 0 radical (unpaired) electrons. The lowest BCUT2D eigenvalue weighted by Crippen LogP contribution is -2.49. The number of piperazine rings is 1. The third kappa shape index (κ3) is 6.17. The number of likely N-dealkylation sites (tertiary alicyclic amines) is 1. The van der Waals surface area contributed by atoms with E-state index in [9.17, 15) is 4.79 Å². The first-order chi connectivity index (χ1) is 17.5. The van der Waals surface area contributed by atoms with Crippen molar-refractivity contribution in [3.8, 4) is 11.3 Å². The highest BCUT2D eigenvalue weighted by Gasteiger charge is 2.22. The molecule has 3 aromatic rings. The number of amides is 1. The largest absolute Gasteiger partial charge is 0.352 e.